The predicted octanol–water partition coefficient (Wildman–Crippen LogP) is 2.73. The molecule has 1 aromatic heterocycles. The number of fused-ring (bicyclic) bond motifs is 1. The van der Waals surface area contributed by atoms with E-state index in [4.69, 9.17) is 13.9 Å². The summed E-state index contributed by atoms with van der Waals surface area (Å²) in [6, 6.07) is 1.83. The van der Waals surface area contributed by atoms with Gasteiger partial charge in [-0.25, -0.2) is 4.79 Å². The van der Waals surface area contributed by atoms with Crippen molar-refractivity contribution in [1.29, 1.82) is 0 Å². The van der Waals surface area contributed by atoms with Gasteiger partial charge in [-0.3, -0.25) is 4.79 Å². The minimum absolute atomic E-state index is 0.265. The number of methoxy groups -OCH3 is 1. The Kier molecular flexibility index (Phi) is 3.89. The maximum absolute atomic E-state index is 12.6. The molecule has 6 heteroatoms. The van der Waals surface area contributed by atoms with Crippen LogP contribution in [-0.2, 0) is 19.1 Å². The lowest BCUT2D eigenvalue weighted by atomic mass is 9.43. The number of esters is 2. The van der Waals surface area contributed by atoms with Gasteiger partial charge in [-0.05, 0) is 31.1 Å². The Morgan fingerprint density at radius 1 is 1.41 bits per heavy atom. The number of rotatable bonds is 3. The highest BCUT2D eigenvalue weighted by Crippen LogP contribution is 2.65. The van der Waals surface area contributed by atoms with Crippen LogP contribution >= 0.6 is 0 Å². The van der Waals surface area contributed by atoms with Crippen molar-refractivity contribution in [2.24, 2.45) is 22.7 Å². The van der Waals surface area contributed by atoms with E-state index in [1.165, 1.54) is 7.11 Å². The molecule has 2 aliphatic heterocycles. The second kappa shape index (κ2) is 5.83. The molecule has 0 unspecified atom stereocenters. The van der Waals surface area contributed by atoms with Gasteiger partial charge < -0.3 is 19.0 Å². The molecular formula is C21H24O6. The average molecular weight is 372 g/mol. The molecule has 3 heterocycles. The third kappa shape index (κ3) is 2.29. The highest BCUT2D eigenvalue weighted by atomic mass is 16.6. The van der Waals surface area contributed by atoms with Gasteiger partial charge >= 0.3 is 11.9 Å². The first-order valence-electron chi connectivity index (χ1n) is 9.18. The summed E-state index contributed by atoms with van der Waals surface area (Å²) in [7, 11) is 1.39. The molecule has 6 atom stereocenters. The number of hydrogen-bond donors (Lipinski definition) is 1. The SMILES string of the molecule is COC(=O)[C@@H]1CC[C@]2(C)[C@@H]([C@H]3C=C[C@]2(O)C(=O)O3)[C@]1(C)/C=C/c1ccoc1. The maximum atomic E-state index is 12.6. The minimum atomic E-state index is -1.68. The van der Waals surface area contributed by atoms with E-state index in [9.17, 15) is 14.7 Å². The number of carbonyl (C=O) groups excluding carboxylic acids is 2. The fourth-order valence-electron chi connectivity index (χ4n) is 5.50. The molecule has 1 saturated heterocycles. The van der Waals surface area contributed by atoms with Crippen LogP contribution in [0.1, 0.15) is 32.3 Å². The zero-order valence-corrected chi connectivity index (χ0v) is 15.7. The summed E-state index contributed by atoms with van der Waals surface area (Å²) in [5.74, 6) is -1.57. The highest BCUT2D eigenvalue weighted by Gasteiger charge is 2.71. The molecule has 0 aromatic carbocycles. The van der Waals surface area contributed by atoms with E-state index in [0.29, 0.717) is 12.8 Å². The van der Waals surface area contributed by atoms with Gasteiger partial charge in [0.15, 0.2) is 5.60 Å². The van der Waals surface area contributed by atoms with E-state index in [1.807, 2.05) is 32.1 Å². The van der Waals surface area contributed by atoms with E-state index in [0.717, 1.165) is 5.56 Å². The van der Waals surface area contributed by atoms with Crippen LogP contribution in [0.3, 0.4) is 0 Å². The van der Waals surface area contributed by atoms with Crippen molar-refractivity contribution >= 4 is 18.0 Å². The van der Waals surface area contributed by atoms with Crippen molar-refractivity contribution in [3.05, 3.63) is 42.4 Å². The molecule has 2 bridgehead atoms. The van der Waals surface area contributed by atoms with Crippen molar-refractivity contribution in [2.45, 2.75) is 38.4 Å². The number of furan rings is 1. The summed E-state index contributed by atoms with van der Waals surface area (Å²) >= 11 is 0. The summed E-state index contributed by atoms with van der Waals surface area (Å²) in [6.45, 7) is 3.91. The van der Waals surface area contributed by atoms with Crippen LogP contribution in [0.25, 0.3) is 6.08 Å². The van der Waals surface area contributed by atoms with E-state index in [2.05, 4.69) is 0 Å². The van der Waals surface area contributed by atoms with Crippen LogP contribution < -0.4 is 0 Å². The van der Waals surface area contributed by atoms with Gasteiger partial charge in [0.05, 0.1) is 25.6 Å². The molecule has 6 nitrogen and oxygen atoms in total. The molecule has 1 saturated carbocycles. The summed E-state index contributed by atoms with van der Waals surface area (Å²) in [4.78, 5) is 25.0. The van der Waals surface area contributed by atoms with Gasteiger partial charge in [0.2, 0.25) is 0 Å². The minimum Gasteiger partial charge on any atom is -0.472 e. The van der Waals surface area contributed by atoms with Gasteiger partial charge in [0, 0.05) is 22.3 Å². The normalized spacial score (nSPS) is 42.8. The van der Waals surface area contributed by atoms with Crippen LogP contribution in [0, 0.1) is 22.7 Å². The lowest BCUT2D eigenvalue weighted by Crippen LogP contribution is -2.71. The summed E-state index contributed by atoms with van der Waals surface area (Å²) in [6.07, 6.45) is 11.0. The fourth-order valence-corrected chi connectivity index (χ4v) is 5.50. The molecule has 0 radical (unpaired) electrons. The molecule has 5 rings (SSSR count). The molecule has 2 aliphatic carbocycles. The molecular weight excluding hydrogens is 348 g/mol. The summed E-state index contributed by atoms with van der Waals surface area (Å²) in [5, 5.41) is 11.2. The number of aliphatic hydroxyl groups is 1. The summed E-state index contributed by atoms with van der Waals surface area (Å²) in [5.41, 5.74) is -2.22. The first kappa shape index (κ1) is 18.0. The number of allylic oxidation sites excluding steroid dienone is 1. The van der Waals surface area contributed by atoms with Crippen molar-refractivity contribution in [3.63, 3.8) is 0 Å². The Labute approximate surface area is 157 Å². The van der Waals surface area contributed by atoms with Crippen LogP contribution in [0.4, 0.5) is 0 Å². The van der Waals surface area contributed by atoms with Crippen LogP contribution in [0.2, 0.25) is 0 Å². The zero-order chi connectivity index (χ0) is 19.4. The third-order valence-corrected chi connectivity index (χ3v) is 7.00. The molecule has 2 fully saturated rings. The first-order chi connectivity index (χ1) is 12.8. The number of hydrogen-bond acceptors (Lipinski definition) is 6. The van der Waals surface area contributed by atoms with Crippen molar-refractivity contribution in [3.8, 4) is 0 Å². The molecule has 1 N–H and O–H groups in total. The van der Waals surface area contributed by atoms with Crippen LogP contribution in [-0.4, -0.2) is 35.9 Å². The van der Waals surface area contributed by atoms with E-state index < -0.39 is 34.4 Å². The molecule has 0 spiro atoms. The zero-order valence-electron chi connectivity index (χ0n) is 15.7. The first-order valence-corrected chi connectivity index (χ1v) is 9.18. The third-order valence-electron chi connectivity index (χ3n) is 7.00. The molecule has 144 valence electrons. The predicted molar refractivity (Wildman–Crippen MR) is 96.2 cm³/mol. The van der Waals surface area contributed by atoms with Gasteiger partial charge in [0.25, 0.3) is 0 Å². The quantitative estimate of drug-likeness (QED) is 0.649. The largest absolute Gasteiger partial charge is 0.472 e. The Hall–Kier alpha value is -2.34. The smallest absolute Gasteiger partial charge is 0.343 e. The van der Waals surface area contributed by atoms with Gasteiger partial charge in [-0.1, -0.05) is 26.0 Å². The Morgan fingerprint density at radius 2 is 2.19 bits per heavy atom. The van der Waals surface area contributed by atoms with Gasteiger partial charge in [-0.15, -0.1) is 0 Å². The van der Waals surface area contributed by atoms with E-state index in [-0.39, 0.29) is 11.9 Å². The lowest BCUT2D eigenvalue weighted by Gasteiger charge is -2.63. The highest BCUT2D eigenvalue weighted by molar-refractivity contribution is 5.86. The number of carbonyl (C=O) groups is 2. The Bertz CT molecular complexity index is 824. The van der Waals surface area contributed by atoms with Crippen molar-refractivity contribution in [1.82, 2.24) is 0 Å². The average Bonchev–Trinajstić information content (AvgIpc) is 3.15. The van der Waals surface area contributed by atoms with Crippen molar-refractivity contribution in [2.75, 3.05) is 7.11 Å². The van der Waals surface area contributed by atoms with E-state index in [1.54, 1.807) is 24.7 Å². The lowest BCUT2D eigenvalue weighted by molar-refractivity contribution is -0.241. The van der Waals surface area contributed by atoms with Crippen molar-refractivity contribution < 1.29 is 28.6 Å². The maximum Gasteiger partial charge on any atom is 0.343 e. The standard InChI is InChI=1S/C21H24O6/c1-19(8-4-13-7-11-26-12-13)14(17(22)25-3)5-9-20(2)16(19)15-6-10-21(20,24)18(23)27-15/h4,6-8,10-12,14-16,24H,5,9H2,1-3H3/b8-4+/t14-,15+,16-,19+,20+,21-/m0/s1. The Morgan fingerprint density at radius 3 is 2.81 bits per heavy atom. The topological polar surface area (TPSA) is 86.0 Å². The van der Waals surface area contributed by atoms with E-state index >= 15 is 0 Å². The molecule has 1 aromatic rings. The Balaban J connectivity index is 1.84. The molecule has 4 aliphatic rings. The second-order valence-electron chi connectivity index (χ2n) is 8.26. The van der Waals surface area contributed by atoms with Crippen LogP contribution in [0.15, 0.2) is 41.2 Å². The monoisotopic (exact) mass is 372 g/mol. The van der Waals surface area contributed by atoms with Gasteiger partial charge in [0.1, 0.15) is 6.10 Å². The fraction of sp³-hybridized carbons (Fsp3) is 0.524. The van der Waals surface area contributed by atoms with Crippen LogP contribution in [0.5, 0.6) is 0 Å². The second-order valence-corrected chi connectivity index (χ2v) is 8.26. The molecule has 0 amide bonds. The van der Waals surface area contributed by atoms with Gasteiger partial charge in [-0.2, -0.15) is 0 Å². The molecule has 27 heavy (non-hydrogen) atoms. The summed E-state index contributed by atoms with van der Waals surface area (Å²) < 4.78 is 15.7. The number of ether oxygens (including phenoxy) is 2.